The van der Waals surface area contributed by atoms with E-state index in [1.165, 1.54) is 4.90 Å². The average Bonchev–Trinajstić information content (AvgIpc) is 2.52. The Morgan fingerprint density at radius 3 is 2.28 bits per heavy atom. The Balaban J connectivity index is 2.46. The van der Waals surface area contributed by atoms with Gasteiger partial charge in [-0.3, -0.25) is 14.5 Å². The first-order valence-electron chi connectivity index (χ1n) is 7.62. The van der Waals surface area contributed by atoms with E-state index in [1.54, 1.807) is 31.2 Å². The maximum Gasteiger partial charge on any atom is 0.262 e. The summed E-state index contributed by atoms with van der Waals surface area (Å²) in [5.74, 6) is -0.701. The van der Waals surface area contributed by atoms with Gasteiger partial charge < -0.3 is 5.73 Å². The van der Waals surface area contributed by atoms with Crippen LogP contribution in [0.2, 0.25) is 10.0 Å². The van der Waals surface area contributed by atoms with E-state index in [0.717, 1.165) is 5.56 Å². The van der Waals surface area contributed by atoms with Crippen molar-refractivity contribution in [2.75, 3.05) is 4.90 Å². The van der Waals surface area contributed by atoms with Gasteiger partial charge in [0.15, 0.2) is 0 Å². The third-order valence-corrected chi connectivity index (χ3v) is 4.00. The second-order valence-electron chi connectivity index (χ2n) is 5.63. The van der Waals surface area contributed by atoms with Gasteiger partial charge in [0.1, 0.15) is 0 Å². The summed E-state index contributed by atoms with van der Waals surface area (Å²) in [7, 11) is 0. The molecule has 0 aliphatic heterocycles. The Labute approximate surface area is 156 Å². The van der Waals surface area contributed by atoms with Gasteiger partial charge in [-0.25, -0.2) is 0 Å². The third-order valence-electron chi connectivity index (χ3n) is 3.57. The lowest BCUT2D eigenvalue weighted by Gasteiger charge is -2.25. The van der Waals surface area contributed by atoms with Gasteiger partial charge in [-0.05, 0) is 43.2 Å². The Morgan fingerprint density at radius 2 is 1.72 bits per heavy atom. The van der Waals surface area contributed by atoms with Crippen LogP contribution in [-0.2, 0) is 11.2 Å². The van der Waals surface area contributed by atoms with Crippen LogP contribution >= 0.6 is 23.2 Å². The van der Waals surface area contributed by atoms with Crippen molar-refractivity contribution in [2.45, 2.75) is 19.8 Å². The smallest absolute Gasteiger partial charge is 0.262 e. The predicted octanol–water partition coefficient (Wildman–Crippen LogP) is 4.59. The molecular weight excluding hydrogens is 359 g/mol. The minimum atomic E-state index is -0.398. The minimum Gasteiger partial charge on any atom is -0.370 e. The molecule has 0 aliphatic carbocycles. The van der Waals surface area contributed by atoms with Crippen molar-refractivity contribution < 1.29 is 9.59 Å². The topological polar surface area (TPSA) is 63.4 Å². The molecule has 0 atom stereocenters. The quantitative estimate of drug-likeness (QED) is 0.800. The van der Waals surface area contributed by atoms with E-state index in [2.05, 4.69) is 6.58 Å². The van der Waals surface area contributed by atoms with E-state index in [9.17, 15) is 9.59 Å². The molecule has 0 aromatic heterocycles. The highest BCUT2D eigenvalue weighted by molar-refractivity contribution is 6.35. The molecule has 2 amide bonds. The zero-order valence-electron chi connectivity index (χ0n) is 13.8. The molecule has 4 nitrogen and oxygen atoms in total. The van der Waals surface area contributed by atoms with Crippen molar-refractivity contribution in [3.05, 3.63) is 75.9 Å². The van der Waals surface area contributed by atoms with Crippen LogP contribution in [0.15, 0.2) is 54.7 Å². The number of amides is 2. The summed E-state index contributed by atoms with van der Waals surface area (Å²) in [6.07, 6.45) is 0.622. The number of rotatable bonds is 6. The van der Waals surface area contributed by atoms with E-state index in [-0.39, 0.29) is 12.3 Å². The van der Waals surface area contributed by atoms with Gasteiger partial charge >= 0.3 is 0 Å². The molecule has 0 unspecified atom stereocenters. The van der Waals surface area contributed by atoms with Gasteiger partial charge in [-0.2, -0.15) is 0 Å². The fourth-order valence-corrected chi connectivity index (χ4v) is 3.02. The van der Waals surface area contributed by atoms with E-state index in [0.29, 0.717) is 33.4 Å². The number of carbonyl (C=O) groups excluding carboxylic acids is 2. The Morgan fingerprint density at radius 1 is 1.12 bits per heavy atom. The van der Waals surface area contributed by atoms with Crippen LogP contribution in [0.1, 0.15) is 29.3 Å². The lowest BCUT2D eigenvalue weighted by molar-refractivity contribution is -0.117. The van der Waals surface area contributed by atoms with Crippen LogP contribution in [0.5, 0.6) is 0 Å². The largest absolute Gasteiger partial charge is 0.370 e. The van der Waals surface area contributed by atoms with E-state index < -0.39 is 5.91 Å². The van der Waals surface area contributed by atoms with Crippen molar-refractivity contribution in [3.8, 4) is 0 Å². The van der Waals surface area contributed by atoms with Gasteiger partial charge in [-0.15, -0.1) is 0 Å². The number of para-hydroxylation sites is 1. The van der Waals surface area contributed by atoms with Crippen molar-refractivity contribution in [1.29, 1.82) is 0 Å². The monoisotopic (exact) mass is 376 g/mol. The van der Waals surface area contributed by atoms with Crippen LogP contribution < -0.4 is 10.6 Å². The molecule has 0 radical (unpaired) electrons. The van der Waals surface area contributed by atoms with Crippen molar-refractivity contribution in [1.82, 2.24) is 0 Å². The Kier molecular flexibility index (Phi) is 6.23. The molecule has 2 aromatic rings. The van der Waals surface area contributed by atoms with Crippen LogP contribution in [0.4, 0.5) is 5.69 Å². The predicted molar refractivity (Wildman–Crippen MR) is 102 cm³/mol. The number of aryl methyl sites for hydroxylation is 1. The first kappa shape index (κ1) is 19.0. The van der Waals surface area contributed by atoms with Gasteiger partial charge in [0.25, 0.3) is 5.91 Å². The molecule has 130 valence electrons. The fraction of sp³-hybridized carbons (Fsp3) is 0.158. The molecular formula is C19H18Cl2N2O2. The molecule has 0 fully saturated rings. The van der Waals surface area contributed by atoms with Crippen LogP contribution in [0.25, 0.3) is 0 Å². The molecule has 2 rings (SSSR count). The summed E-state index contributed by atoms with van der Waals surface area (Å²) in [5.41, 5.74) is 7.61. The van der Waals surface area contributed by atoms with E-state index in [1.807, 2.05) is 18.2 Å². The second-order valence-corrected chi connectivity index (χ2v) is 6.50. The number of carbonyl (C=O) groups is 2. The molecule has 0 aliphatic rings. The summed E-state index contributed by atoms with van der Waals surface area (Å²) in [6, 6.07) is 12.0. The highest BCUT2D eigenvalue weighted by Crippen LogP contribution is 2.28. The van der Waals surface area contributed by atoms with Crippen LogP contribution in [-0.4, -0.2) is 11.8 Å². The molecule has 25 heavy (non-hydrogen) atoms. The minimum absolute atomic E-state index is 0.193. The highest BCUT2D eigenvalue weighted by atomic mass is 35.5. The summed E-state index contributed by atoms with van der Waals surface area (Å²) >= 11 is 12.0. The highest BCUT2D eigenvalue weighted by Gasteiger charge is 2.22. The lowest BCUT2D eigenvalue weighted by Crippen LogP contribution is -2.29. The zero-order valence-corrected chi connectivity index (χ0v) is 15.3. The lowest BCUT2D eigenvalue weighted by atomic mass is 10.0. The molecule has 0 heterocycles. The Bertz CT molecular complexity index is 814. The SMILES string of the molecule is C=C(C)N(C(=O)c1cc(Cl)cc(Cl)c1)c1ccccc1CCC(N)=O. The van der Waals surface area contributed by atoms with Crippen LogP contribution in [0.3, 0.4) is 0 Å². The van der Waals surface area contributed by atoms with Gasteiger partial charge in [0.05, 0.1) is 5.69 Å². The number of allylic oxidation sites excluding steroid dienone is 1. The third kappa shape index (κ3) is 4.84. The van der Waals surface area contributed by atoms with Crippen molar-refractivity contribution in [3.63, 3.8) is 0 Å². The fourth-order valence-electron chi connectivity index (χ4n) is 2.49. The standard InChI is InChI=1S/C19H18Cl2N2O2/c1-12(2)23(19(25)14-9-15(20)11-16(21)10-14)17-6-4-3-5-13(17)7-8-18(22)24/h3-6,9-11H,1,7-8H2,2H3,(H2,22,24). The number of halogens is 2. The molecule has 0 spiro atoms. The molecule has 6 heteroatoms. The van der Waals surface area contributed by atoms with Gasteiger partial charge in [-0.1, -0.05) is 48.0 Å². The normalized spacial score (nSPS) is 10.4. The molecule has 0 saturated carbocycles. The number of nitrogens with two attached hydrogens (primary N) is 1. The van der Waals surface area contributed by atoms with E-state index in [4.69, 9.17) is 28.9 Å². The zero-order chi connectivity index (χ0) is 18.6. The molecule has 2 N–H and O–H groups in total. The number of benzene rings is 2. The maximum atomic E-state index is 13.0. The first-order chi connectivity index (χ1) is 11.8. The summed E-state index contributed by atoms with van der Waals surface area (Å²) in [5, 5.41) is 0.749. The first-order valence-corrected chi connectivity index (χ1v) is 8.37. The number of hydrogen-bond donors (Lipinski definition) is 1. The summed E-state index contributed by atoms with van der Waals surface area (Å²) in [4.78, 5) is 25.6. The van der Waals surface area contributed by atoms with Crippen molar-refractivity contribution in [2.24, 2.45) is 5.73 Å². The maximum absolute atomic E-state index is 13.0. The number of hydrogen-bond acceptors (Lipinski definition) is 2. The molecule has 0 bridgehead atoms. The van der Waals surface area contributed by atoms with E-state index >= 15 is 0 Å². The van der Waals surface area contributed by atoms with Gasteiger partial charge in [0, 0.05) is 27.7 Å². The Hall–Kier alpha value is -2.30. The number of anilines is 1. The average molecular weight is 377 g/mol. The molecule has 0 saturated heterocycles. The summed E-state index contributed by atoms with van der Waals surface area (Å²) in [6.45, 7) is 5.64. The molecule has 2 aromatic carbocycles. The number of nitrogens with zero attached hydrogens (tertiary/aromatic N) is 1. The number of primary amides is 1. The summed E-state index contributed by atoms with van der Waals surface area (Å²) < 4.78 is 0. The van der Waals surface area contributed by atoms with Crippen molar-refractivity contribution >= 4 is 40.7 Å². The van der Waals surface area contributed by atoms with Crippen LogP contribution in [0, 0.1) is 0 Å². The second kappa shape index (κ2) is 8.19. The van der Waals surface area contributed by atoms with Gasteiger partial charge in [0.2, 0.25) is 5.91 Å².